The van der Waals surface area contributed by atoms with E-state index in [9.17, 15) is 14.4 Å². The lowest BCUT2D eigenvalue weighted by Gasteiger charge is -2.04. The molecule has 0 saturated carbocycles. The van der Waals surface area contributed by atoms with Gasteiger partial charge in [0.05, 0.1) is 13.2 Å². The maximum absolute atomic E-state index is 10.9. The van der Waals surface area contributed by atoms with Gasteiger partial charge in [-0.3, -0.25) is 9.59 Å². The highest BCUT2D eigenvalue weighted by molar-refractivity contribution is 5.91. The highest BCUT2D eigenvalue weighted by atomic mass is 16.6. The average Bonchev–Trinajstić information content (AvgIpc) is 2.15. The Morgan fingerprint density at radius 3 is 1.80 bits per heavy atom. The Labute approximate surface area is 87.5 Å². The summed E-state index contributed by atoms with van der Waals surface area (Å²) in [4.78, 5) is 32.4. The zero-order chi connectivity index (χ0) is 11.7. The molecule has 0 atom stereocenters. The van der Waals surface area contributed by atoms with E-state index >= 15 is 0 Å². The summed E-state index contributed by atoms with van der Waals surface area (Å²) in [7, 11) is 0. The van der Waals surface area contributed by atoms with Crippen molar-refractivity contribution in [3.8, 4) is 0 Å². The highest BCUT2D eigenvalue weighted by Gasteiger charge is 2.13. The van der Waals surface area contributed by atoms with Crippen molar-refractivity contribution in [1.29, 1.82) is 0 Å². The second kappa shape index (κ2) is 7.78. The third-order valence-electron chi connectivity index (χ3n) is 1.25. The number of carbonyl (C=O) groups excluding carboxylic acids is 3. The van der Waals surface area contributed by atoms with Crippen molar-refractivity contribution in [3.63, 3.8) is 0 Å². The van der Waals surface area contributed by atoms with Gasteiger partial charge < -0.3 is 14.2 Å². The first-order valence-corrected chi connectivity index (χ1v) is 4.57. The Bertz CT molecular complexity index is 235. The van der Waals surface area contributed by atoms with E-state index in [1.54, 1.807) is 13.8 Å². The van der Waals surface area contributed by atoms with Crippen molar-refractivity contribution in [2.75, 3.05) is 19.8 Å². The summed E-state index contributed by atoms with van der Waals surface area (Å²) in [5.41, 5.74) is 0. The minimum atomic E-state index is -0.804. The van der Waals surface area contributed by atoms with Crippen LogP contribution in [0.5, 0.6) is 0 Å². The van der Waals surface area contributed by atoms with Gasteiger partial charge >= 0.3 is 17.9 Å². The monoisotopic (exact) mass is 218 g/mol. The van der Waals surface area contributed by atoms with Gasteiger partial charge in [-0.15, -0.1) is 0 Å². The van der Waals surface area contributed by atoms with Gasteiger partial charge in [-0.1, -0.05) is 0 Å². The summed E-state index contributed by atoms with van der Waals surface area (Å²) >= 11 is 0. The van der Waals surface area contributed by atoms with E-state index in [2.05, 4.69) is 14.2 Å². The van der Waals surface area contributed by atoms with Gasteiger partial charge in [-0.25, -0.2) is 4.79 Å². The maximum Gasteiger partial charge on any atom is 0.344 e. The first-order valence-electron chi connectivity index (χ1n) is 4.57. The van der Waals surface area contributed by atoms with E-state index in [0.29, 0.717) is 0 Å². The first kappa shape index (κ1) is 13.4. The zero-order valence-electron chi connectivity index (χ0n) is 8.78. The third kappa shape index (κ3) is 7.48. The van der Waals surface area contributed by atoms with Gasteiger partial charge in [-0.2, -0.15) is 0 Å². The van der Waals surface area contributed by atoms with Crippen LogP contribution in [0.3, 0.4) is 0 Å². The van der Waals surface area contributed by atoms with Gasteiger partial charge in [0.25, 0.3) is 0 Å². The molecular weight excluding hydrogens is 204 g/mol. The second-order valence-corrected chi connectivity index (χ2v) is 2.45. The van der Waals surface area contributed by atoms with Crippen LogP contribution < -0.4 is 0 Å². The van der Waals surface area contributed by atoms with Crippen molar-refractivity contribution in [2.45, 2.75) is 20.3 Å². The van der Waals surface area contributed by atoms with Crippen molar-refractivity contribution in [2.24, 2.45) is 0 Å². The predicted octanol–water partition coefficient (Wildman–Crippen LogP) is 0.0459. The molecule has 0 amide bonds. The number of carbonyl (C=O) groups is 3. The van der Waals surface area contributed by atoms with Gasteiger partial charge in [0.2, 0.25) is 0 Å². The SMILES string of the molecule is CCOC(=O)COC(=O)CC(=O)OCC. The third-order valence-corrected chi connectivity index (χ3v) is 1.25. The molecule has 0 unspecified atom stereocenters. The molecule has 0 aliphatic heterocycles. The first-order chi connectivity index (χ1) is 7.10. The summed E-state index contributed by atoms with van der Waals surface area (Å²) in [5, 5.41) is 0. The van der Waals surface area contributed by atoms with Crippen LogP contribution in [0.2, 0.25) is 0 Å². The van der Waals surface area contributed by atoms with Crippen LogP contribution in [-0.2, 0) is 28.6 Å². The normalized spacial score (nSPS) is 9.20. The molecule has 86 valence electrons. The Hall–Kier alpha value is -1.59. The Kier molecular flexibility index (Phi) is 6.96. The average molecular weight is 218 g/mol. The van der Waals surface area contributed by atoms with Crippen LogP contribution >= 0.6 is 0 Å². The molecule has 0 rings (SSSR count). The molecule has 15 heavy (non-hydrogen) atoms. The molecule has 0 radical (unpaired) electrons. The van der Waals surface area contributed by atoms with E-state index in [0.717, 1.165) is 0 Å². The molecule has 0 aliphatic rings. The molecule has 0 fully saturated rings. The Morgan fingerprint density at radius 2 is 1.27 bits per heavy atom. The fraction of sp³-hybridized carbons (Fsp3) is 0.667. The van der Waals surface area contributed by atoms with Crippen molar-refractivity contribution in [1.82, 2.24) is 0 Å². The quantitative estimate of drug-likeness (QED) is 0.356. The smallest absolute Gasteiger partial charge is 0.344 e. The molecule has 0 spiro atoms. The second-order valence-electron chi connectivity index (χ2n) is 2.45. The van der Waals surface area contributed by atoms with Crippen LogP contribution in [0.15, 0.2) is 0 Å². The van der Waals surface area contributed by atoms with Crippen molar-refractivity contribution in [3.05, 3.63) is 0 Å². The number of esters is 3. The zero-order valence-corrected chi connectivity index (χ0v) is 8.78. The van der Waals surface area contributed by atoms with E-state index in [1.807, 2.05) is 0 Å². The Balaban J connectivity index is 3.66. The molecule has 0 bridgehead atoms. The van der Waals surface area contributed by atoms with Crippen LogP contribution in [0.4, 0.5) is 0 Å². The van der Waals surface area contributed by atoms with E-state index in [1.165, 1.54) is 0 Å². The number of rotatable bonds is 6. The Morgan fingerprint density at radius 1 is 0.800 bits per heavy atom. The number of hydrogen-bond donors (Lipinski definition) is 0. The molecule has 6 nitrogen and oxygen atoms in total. The van der Waals surface area contributed by atoms with E-state index < -0.39 is 30.9 Å². The fourth-order valence-electron chi connectivity index (χ4n) is 0.723. The lowest BCUT2D eigenvalue weighted by molar-refractivity contribution is -0.162. The molecular formula is C9H14O6. The highest BCUT2D eigenvalue weighted by Crippen LogP contribution is 1.91. The topological polar surface area (TPSA) is 78.9 Å². The van der Waals surface area contributed by atoms with Gasteiger partial charge in [0.1, 0.15) is 6.42 Å². The molecule has 0 N–H and O–H groups in total. The van der Waals surface area contributed by atoms with Gasteiger partial charge in [-0.05, 0) is 13.8 Å². The van der Waals surface area contributed by atoms with E-state index in [-0.39, 0.29) is 13.2 Å². The van der Waals surface area contributed by atoms with Crippen molar-refractivity contribution >= 4 is 17.9 Å². The summed E-state index contributed by atoms with van der Waals surface area (Å²) in [6, 6.07) is 0. The molecule has 0 heterocycles. The standard InChI is InChI=1S/C9H14O6/c1-3-13-7(10)5-8(11)15-6-9(12)14-4-2/h3-6H2,1-2H3. The van der Waals surface area contributed by atoms with Crippen LogP contribution in [0.1, 0.15) is 20.3 Å². The largest absolute Gasteiger partial charge is 0.466 e. The van der Waals surface area contributed by atoms with Crippen LogP contribution in [-0.4, -0.2) is 37.7 Å². The summed E-state index contributed by atoms with van der Waals surface area (Å²) < 4.78 is 13.5. The maximum atomic E-state index is 10.9. The minimum Gasteiger partial charge on any atom is -0.466 e. The predicted molar refractivity (Wildman–Crippen MR) is 48.8 cm³/mol. The van der Waals surface area contributed by atoms with Gasteiger partial charge in [0, 0.05) is 0 Å². The summed E-state index contributed by atoms with van der Waals surface area (Å²) in [6.45, 7) is 3.20. The molecule has 0 aromatic rings. The number of ether oxygens (including phenoxy) is 3. The van der Waals surface area contributed by atoms with E-state index in [4.69, 9.17) is 0 Å². The fourth-order valence-corrected chi connectivity index (χ4v) is 0.723. The molecule has 6 heteroatoms. The molecule has 0 aliphatic carbocycles. The lowest BCUT2D eigenvalue weighted by atomic mass is 10.4. The molecule has 0 aromatic heterocycles. The van der Waals surface area contributed by atoms with Crippen molar-refractivity contribution < 1.29 is 28.6 Å². The van der Waals surface area contributed by atoms with Crippen LogP contribution in [0, 0.1) is 0 Å². The summed E-state index contributed by atoms with van der Waals surface area (Å²) in [6.07, 6.45) is -0.493. The number of hydrogen-bond acceptors (Lipinski definition) is 6. The lowest BCUT2D eigenvalue weighted by Crippen LogP contribution is -2.19. The minimum absolute atomic E-state index is 0.198. The molecule has 0 aromatic carbocycles. The summed E-state index contributed by atoms with van der Waals surface area (Å²) in [5.74, 6) is -2.12. The van der Waals surface area contributed by atoms with Crippen LogP contribution in [0.25, 0.3) is 0 Å². The van der Waals surface area contributed by atoms with Gasteiger partial charge in [0.15, 0.2) is 6.61 Å². The molecule has 0 saturated heterocycles.